The fourth-order valence-corrected chi connectivity index (χ4v) is 1.34. The summed E-state index contributed by atoms with van der Waals surface area (Å²) in [7, 11) is 0. The average molecular weight is 216 g/mol. The zero-order valence-corrected chi connectivity index (χ0v) is 7.73. The van der Waals surface area contributed by atoms with E-state index in [-0.39, 0.29) is 10.7 Å². The topological polar surface area (TPSA) is 58.6 Å². The van der Waals surface area contributed by atoms with Gasteiger partial charge in [0.15, 0.2) is 5.15 Å². The van der Waals surface area contributed by atoms with E-state index in [2.05, 4.69) is 15.2 Å². The highest BCUT2D eigenvalue weighted by Gasteiger charge is 2.05. The third-order valence-electron chi connectivity index (χ3n) is 1.55. The van der Waals surface area contributed by atoms with Crippen LogP contribution in [0.3, 0.4) is 0 Å². The predicted molar refractivity (Wildman–Crippen MR) is 50.2 cm³/mol. The van der Waals surface area contributed by atoms with E-state index in [1.54, 1.807) is 0 Å². The first-order valence-electron chi connectivity index (χ1n) is 3.38. The lowest BCUT2D eigenvalue weighted by Gasteiger charge is -1.96. The first-order valence-corrected chi connectivity index (χ1v) is 4.13. The van der Waals surface area contributed by atoms with Gasteiger partial charge in [0.2, 0.25) is 0 Å². The molecule has 0 spiro atoms. The van der Waals surface area contributed by atoms with Gasteiger partial charge in [0.1, 0.15) is 5.52 Å². The molecule has 6 heteroatoms. The molecule has 4 nitrogen and oxygen atoms in total. The summed E-state index contributed by atoms with van der Waals surface area (Å²) >= 11 is 11.4. The summed E-state index contributed by atoms with van der Waals surface area (Å²) in [6, 6.07) is 1.50. The number of H-pyrrole nitrogens is 1. The van der Waals surface area contributed by atoms with E-state index in [1.807, 2.05) is 0 Å². The van der Waals surface area contributed by atoms with E-state index in [9.17, 15) is 4.79 Å². The van der Waals surface area contributed by atoms with Gasteiger partial charge in [-0.15, -0.1) is 0 Å². The molecule has 0 aliphatic carbocycles. The number of aromatic amines is 1. The molecule has 66 valence electrons. The van der Waals surface area contributed by atoms with Crippen molar-refractivity contribution in [2.24, 2.45) is 0 Å². The quantitative estimate of drug-likeness (QED) is 0.727. The van der Waals surface area contributed by atoms with Gasteiger partial charge in [0.25, 0.3) is 5.56 Å². The lowest BCUT2D eigenvalue weighted by Crippen LogP contribution is -2.08. The number of hydrogen-bond acceptors (Lipinski definition) is 3. The highest BCUT2D eigenvalue weighted by Crippen LogP contribution is 2.17. The number of aromatic nitrogens is 3. The van der Waals surface area contributed by atoms with Crippen LogP contribution in [0.2, 0.25) is 10.2 Å². The van der Waals surface area contributed by atoms with E-state index < -0.39 is 0 Å². The van der Waals surface area contributed by atoms with Gasteiger partial charge < -0.3 is 0 Å². The van der Waals surface area contributed by atoms with Gasteiger partial charge in [-0.2, -0.15) is 5.10 Å². The van der Waals surface area contributed by atoms with Gasteiger partial charge in [-0.25, -0.2) is 5.10 Å². The molecule has 0 atom stereocenters. The van der Waals surface area contributed by atoms with Gasteiger partial charge in [0.05, 0.1) is 10.4 Å². The van der Waals surface area contributed by atoms with Crippen LogP contribution in [0.1, 0.15) is 0 Å². The standard InChI is InChI=1S/C7H3Cl2N3O/c8-3-1-4-5(10-2-3)6(9)11-12-7(4)13/h1-2H,(H,12,13). The number of halogens is 2. The molecule has 0 fully saturated rings. The minimum absolute atomic E-state index is 0.159. The van der Waals surface area contributed by atoms with Crippen molar-refractivity contribution in [2.75, 3.05) is 0 Å². The van der Waals surface area contributed by atoms with Crippen LogP contribution in [0.5, 0.6) is 0 Å². The molecule has 2 rings (SSSR count). The molecule has 2 heterocycles. The Morgan fingerprint density at radius 3 is 2.92 bits per heavy atom. The van der Waals surface area contributed by atoms with Crippen LogP contribution in [0, 0.1) is 0 Å². The molecule has 0 aromatic carbocycles. The van der Waals surface area contributed by atoms with Crippen LogP contribution in [0.25, 0.3) is 10.9 Å². The summed E-state index contributed by atoms with van der Waals surface area (Å²) in [6.45, 7) is 0. The van der Waals surface area contributed by atoms with E-state index in [0.29, 0.717) is 15.9 Å². The normalized spacial score (nSPS) is 10.6. The maximum absolute atomic E-state index is 11.2. The Balaban J connectivity index is 3.01. The van der Waals surface area contributed by atoms with Gasteiger partial charge in [-0.1, -0.05) is 23.2 Å². The summed E-state index contributed by atoms with van der Waals surface area (Å²) in [4.78, 5) is 15.1. The largest absolute Gasteiger partial charge is 0.273 e. The van der Waals surface area contributed by atoms with E-state index >= 15 is 0 Å². The number of pyridine rings is 1. The Morgan fingerprint density at radius 1 is 1.38 bits per heavy atom. The fourth-order valence-electron chi connectivity index (χ4n) is 0.990. The lowest BCUT2D eigenvalue weighted by molar-refractivity contribution is 1.01. The number of nitrogens with one attached hydrogen (secondary N) is 1. The first-order chi connectivity index (χ1) is 6.18. The predicted octanol–water partition coefficient (Wildman–Crippen LogP) is 1.62. The van der Waals surface area contributed by atoms with E-state index in [4.69, 9.17) is 23.2 Å². The average Bonchev–Trinajstić information content (AvgIpc) is 2.12. The van der Waals surface area contributed by atoms with Crippen LogP contribution in [0.4, 0.5) is 0 Å². The van der Waals surface area contributed by atoms with Crippen molar-refractivity contribution in [3.8, 4) is 0 Å². The molecular formula is C7H3Cl2N3O. The van der Waals surface area contributed by atoms with Crippen molar-refractivity contribution in [1.29, 1.82) is 0 Å². The van der Waals surface area contributed by atoms with Gasteiger partial charge >= 0.3 is 0 Å². The summed E-state index contributed by atoms with van der Waals surface area (Å²) in [5, 5.41) is 6.68. The van der Waals surface area contributed by atoms with Gasteiger partial charge in [-0.05, 0) is 6.07 Å². The summed E-state index contributed by atoms with van der Waals surface area (Å²) in [5.41, 5.74) is 0.00390. The van der Waals surface area contributed by atoms with Gasteiger partial charge in [0, 0.05) is 6.20 Å². The summed E-state index contributed by atoms with van der Waals surface area (Å²) in [6.07, 6.45) is 1.41. The van der Waals surface area contributed by atoms with E-state index in [0.717, 1.165) is 0 Å². The monoisotopic (exact) mass is 215 g/mol. The van der Waals surface area contributed by atoms with Crippen molar-refractivity contribution >= 4 is 34.1 Å². The zero-order chi connectivity index (χ0) is 9.42. The maximum Gasteiger partial charge on any atom is 0.273 e. The Labute approximate surface area is 82.5 Å². The molecule has 1 N–H and O–H groups in total. The molecule has 2 aromatic heterocycles. The molecule has 0 saturated heterocycles. The van der Waals surface area contributed by atoms with Crippen molar-refractivity contribution in [2.45, 2.75) is 0 Å². The van der Waals surface area contributed by atoms with Crippen LogP contribution in [-0.2, 0) is 0 Å². The molecule has 0 bridgehead atoms. The summed E-state index contributed by atoms with van der Waals surface area (Å²) < 4.78 is 0. The van der Waals surface area contributed by atoms with Crippen molar-refractivity contribution in [3.63, 3.8) is 0 Å². The SMILES string of the molecule is O=c1[nH]nc(Cl)c2ncc(Cl)cc12. The highest BCUT2D eigenvalue weighted by atomic mass is 35.5. The molecule has 0 aliphatic rings. The molecule has 0 aliphatic heterocycles. The van der Waals surface area contributed by atoms with Crippen LogP contribution in [-0.4, -0.2) is 15.2 Å². The number of nitrogens with zero attached hydrogens (tertiary/aromatic N) is 2. The number of fused-ring (bicyclic) bond motifs is 1. The summed E-state index contributed by atoms with van der Waals surface area (Å²) in [5.74, 6) is 0. The second-order valence-electron chi connectivity index (χ2n) is 2.39. The Kier molecular flexibility index (Phi) is 1.94. The first kappa shape index (κ1) is 8.47. The Hall–Kier alpha value is -1.13. The maximum atomic E-state index is 11.2. The molecule has 13 heavy (non-hydrogen) atoms. The molecule has 0 radical (unpaired) electrons. The number of hydrogen-bond donors (Lipinski definition) is 1. The smallest absolute Gasteiger partial charge is 0.267 e. The molecular weight excluding hydrogens is 213 g/mol. The number of rotatable bonds is 0. The van der Waals surface area contributed by atoms with Crippen molar-refractivity contribution in [1.82, 2.24) is 15.2 Å². The van der Waals surface area contributed by atoms with Crippen LogP contribution in [0.15, 0.2) is 17.1 Å². The lowest BCUT2D eigenvalue weighted by atomic mass is 10.3. The third-order valence-corrected chi connectivity index (χ3v) is 2.02. The van der Waals surface area contributed by atoms with Crippen LogP contribution >= 0.6 is 23.2 Å². The zero-order valence-electron chi connectivity index (χ0n) is 6.21. The van der Waals surface area contributed by atoms with E-state index in [1.165, 1.54) is 12.3 Å². The van der Waals surface area contributed by atoms with Crippen molar-refractivity contribution < 1.29 is 0 Å². The van der Waals surface area contributed by atoms with Gasteiger partial charge in [-0.3, -0.25) is 9.78 Å². The molecule has 2 aromatic rings. The minimum atomic E-state index is -0.352. The molecule has 0 amide bonds. The highest BCUT2D eigenvalue weighted by molar-refractivity contribution is 6.34. The Bertz CT molecular complexity index is 523. The minimum Gasteiger partial charge on any atom is -0.267 e. The second-order valence-corrected chi connectivity index (χ2v) is 3.19. The molecule has 0 saturated carbocycles. The fraction of sp³-hybridized carbons (Fsp3) is 0. The van der Waals surface area contributed by atoms with Crippen molar-refractivity contribution in [3.05, 3.63) is 32.8 Å². The van der Waals surface area contributed by atoms with Crippen LogP contribution < -0.4 is 5.56 Å². The second kappa shape index (κ2) is 2.97. The molecule has 0 unspecified atom stereocenters. The third kappa shape index (κ3) is 1.38. The Morgan fingerprint density at radius 2 is 2.15 bits per heavy atom.